The van der Waals surface area contributed by atoms with Crippen LogP contribution in [0.5, 0.6) is 0 Å². The van der Waals surface area contributed by atoms with Crippen LogP contribution in [-0.4, -0.2) is 19.6 Å². The zero-order valence-corrected chi connectivity index (χ0v) is 11.0. The molecule has 0 saturated heterocycles. The number of carbonyl (C=O) groups is 1. The second-order valence-electron chi connectivity index (χ2n) is 3.91. The molecule has 0 aliphatic rings. The van der Waals surface area contributed by atoms with Crippen LogP contribution in [0.1, 0.15) is 31.4 Å². The molecular weight excluding hydrogens is 238 g/mol. The van der Waals surface area contributed by atoms with Crippen LogP contribution in [0, 0.1) is 0 Å². The van der Waals surface area contributed by atoms with Gasteiger partial charge in [0.1, 0.15) is 0 Å². The number of nitrogens with one attached hydrogen (secondary N) is 1. The summed E-state index contributed by atoms with van der Waals surface area (Å²) in [4.78, 5) is 10.9. The lowest BCUT2D eigenvalue weighted by molar-refractivity contribution is -0.140. The summed E-state index contributed by atoms with van der Waals surface area (Å²) in [5, 5.41) is 4.08. The fraction of sp³-hybridized carbons (Fsp3) is 0.462. The van der Waals surface area contributed by atoms with Gasteiger partial charge in [0.05, 0.1) is 7.11 Å². The summed E-state index contributed by atoms with van der Waals surface area (Å²) in [6.45, 7) is 2.85. The van der Waals surface area contributed by atoms with Crippen LogP contribution in [0.2, 0.25) is 5.02 Å². The molecule has 1 aromatic carbocycles. The van der Waals surface area contributed by atoms with E-state index in [4.69, 9.17) is 11.6 Å². The Kier molecular flexibility index (Phi) is 6.01. The number of carbonyl (C=O) groups excluding carboxylic acids is 1. The van der Waals surface area contributed by atoms with Crippen molar-refractivity contribution in [3.63, 3.8) is 0 Å². The molecule has 0 heterocycles. The molecule has 4 heteroatoms. The summed E-state index contributed by atoms with van der Waals surface area (Å²) in [6, 6.07) is 7.99. The molecule has 94 valence electrons. The van der Waals surface area contributed by atoms with Crippen LogP contribution < -0.4 is 5.32 Å². The quantitative estimate of drug-likeness (QED) is 0.627. The number of ether oxygens (including phenoxy) is 1. The molecule has 0 fully saturated rings. The topological polar surface area (TPSA) is 38.3 Å². The van der Waals surface area contributed by atoms with Gasteiger partial charge in [-0.05, 0) is 37.6 Å². The first-order chi connectivity index (χ1) is 8.13. The smallest absolute Gasteiger partial charge is 0.305 e. The zero-order valence-electron chi connectivity index (χ0n) is 10.2. The Morgan fingerprint density at radius 1 is 1.53 bits per heavy atom. The first-order valence-corrected chi connectivity index (χ1v) is 6.07. The van der Waals surface area contributed by atoms with Crippen molar-refractivity contribution in [2.75, 3.05) is 13.7 Å². The van der Waals surface area contributed by atoms with Gasteiger partial charge in [-0.3, -0.25) is 4.79 Å². The number of rotatable bonds is 6. The molecule has 0 aromatic heterocycles. The second-order valence-corrected chi connectivity index (χ2v) is 4.35. The van der Waals surface area contributed by atoms with Gasteiger partial charge in [-0.2, -0.15) is 0 Å². The summed E-state index contributed by atoms with van der Waals surface area (Å²) in [6.07, 6.45) is 1.23. The van der Waals surface area contributed by atoms with Crippen molar-refractivity contribution in [1.82, 2.24) is 5.32 Å². The van der Waals surface area contributed by atoms with Gasteiger partial charge in [0.15, 0.2) is 0 Å². The average molecular weight is 256 g/mol. The highest BCUT2D eigenvalue weighted by atomic mass is 35.5. The predicted octanol–water partition coefficient (Wildman–Crippen LogP) is 2.94. The molecule has 3 nitrogen and oxygen atoms in total. The van der Waals surface area contributed by atoms with Crippen molar-refractivity contribution in [2.24, 2.45) is 0 Å². The summed E-state index contributed by atoms with van der Waals surface area (Å²) < 4.78 is 4.57. The maximum absolute atomic E-state index is 10.9. The molecule has 1 aromatic rings. The minimum absolute atomic E-state index is 0.165. The molecule has 1 N–H and O–H groups in total. The van der Waals surface area contributed by atoms with E-state index in [1.807, 2.05) is 24.3 Å². The van der Waals surface area contributed by atoms with Gasteiger partial charge < -0.3 is 10.1 Å². The maximum atomic E-state index is 10.9. The Hall–Kier alpha value is -1.06. The molecule has 17 heavy (non-hydrogen) atoms. The van der Waals surface area contributed by atoms with E-state index in [-0.39, 0.29) is 12.0 Å². The standard InChI is InChI=1S/C13H18ClNO2/c1-10(11-5-3-6-12(14)9-11)15-8-4-7-13(16)17-2/h3,5-6,9-10,15H,4,7-8H2,1-2H3/t10-/m0/s1. The van der Waals surface area contributed by atoms with Crippen LogP contribution in [0.15, 0.2) is 24.3 Å². The Morgan fingerprint density at radius 3 is 2.94 bits per heavy atom. The van der Waals surface area contributed by atoms with Crippen molar-refractivity contribution in [3.8, 4) is 0 Å². The summed E-state index contributed by atoms with van der Waals surface area (Å²) >= 11 is 5.92. The summed E-state index contributed by atoms with van der Waals surface area (Å²) in [5.41, 5.74) is 1.15. The molecule has 0 bridgehead atoms. The van der Waals surface area contributed by atoms with E-state index in [1.165, 1.54) is 7.11 Å². The van der Waals surface area contributed by atoms with Crippen LogP contribution in [0.25, 0.3) is 0 Å². The Bertz CT molecular complexity index is 368. The third-order valence-electron chi connectivity index (χ3n) is 2.58. The van der Waals surface area contributed by atoms with Crippen molar-refractivity contribution in [1.29, 1.82) is 0 Å². The third kappa shape index (κ3) is 5.20. The predicted molar refractivity (Wildman–Crippen MR) is 69.1 cm³/mol. The molecule has 0 radical (unpaired) electrons. The van der Waals surface area contributed by atoms with Crippen LogP contribution in [0.4, 0.5) is 0 Å². The minimum atomic E-state index is -0.165. The lowest BCUT2D eigenvalue weighted by Gasteiger charge is -2.14. The van der Waals surface area contributed by atoms with E-state index in [9.17, 15) is 4.79 Å². The monoisotopic (exact) mass is 255 g/mol. The highest BCUT2D eigenvalue weighted by molar-refractivity contribution is 6.30. The van der Waals surface area contributed by atoms with Crippen molar-refractivity contribution < 1.29 is 9.53 Å². The van der Waals surface area contributed by atoms with Crippen molar-refractivity contribution in [2.45, 2.75) is 25.8 Å². The van der Waals surface area contributed by atoms with E-state index < -0.39 is 0 Å². The number of benzene rings is 1. The molecular formula is C13H18ClNO2. The fourth-order valence-corrected chi connectivity index (χ4v) is 1.75. The van der Waals surface area contributed by atoms with Crippen LogP contribution in [0.3, 0.4) is 0 Å². The van der Waals surface area contributed by atoms with Gasteiger partial charge in [0.2, 0.25) is 0 Å². The van der Waals surface area contributed by atoms with E-state index in [2.05, 4.69) is 17.0 Å². The molecule has 0 saturated carbocycles. The van der Waals surface area contributed by atoms with E-state index >= 15 is 0 Å². The van der Waals surface area contributed by atoms with E-state index in [0.29, 0.717) is 6.42 Å². The highest BCUT2D eigenvalue weighted by Crippen LogP contribution is 2.17. The largest absolute Gasteiger partial charge is 0.469 e. The first-order valence-electron chi connectivity index (χ1n) is 5.69. The maximum Gasteiger partial charge on any atom is 0.305 e. The lowest BCUT2D eigenvalue weighted by Crippen LogP contribution is -2.20. The highest BCUT2D eigenvalue weighted by Gasteiger charge is 2.05. The van der Waals surface area contributed by atoms with Crippen LogP contribution in [-0.2, 0) is 9.53 Å². The number of halogens is 1. The van der Waals surface area contributed by atoms with Gasteiger partial charge in [0.25, 0.3) is 0 Å². The first kappa shape index (κ1) is 14.0. The number of esters is 1. The van der Waals surface area contributed by atoms with Gasteiger partial charge in [-0.15, -0.1) is 0 Å². The van der Waals surface area contributed by atoms with Crippen LogP contribution >= 0.6 is 11.6 Å². The van der Waals surface area contributed by atoms with Gasteiger partial charge in [-0.25, -0.2) is 0 Å². The fourth-order valence-electron chi connectivity index (χ4n) is 1.55. The van der Waals surface area contributed by atoms with Gasteiger partial charge in [-0.1, -0.05) is 23.7 Å². The van der Waals surface area contributed by atoms with Crippen molar-refractivity contribution >= 4 is 17.6 Å². The second kappa shape index (κ2) is 7.30. The number of hydrogen-bond acceptors (Lipinski definition) is 3. The zero-order chi connectivity index (χ0) is 12.7. The molecule has 0 spiro atoms. The average Bonchev–Trinajstić information content (AvgIpc) is 2.34. The Labute approximate surface area is 107 Å². The Morgan fingerprint density at radius 2 is 2.29 bits per heavy atom. The summed E-state index contributed by atoms with van der Waals surface area (Å²) in [5.74, 6) is -0.165. The minimum Gasteiger partial charge on any atom is -0.469 e. The van der Waals surface area contributed by atoms with E-state index in [1.54, 1.807) is 0 Å². The van der Waals surface area contributed by atoms with Gasteiger partial charge in [0, 0.05) is 17.5 Å². The molecule has 0 aliphatic carbocycles. The number of methoxy groups -OCH3 is 1. The third-order valence-corrected chi connectivity index (χ3v) is 2.82. The Balaban J connectivity index is 2.30. The number of hydrogen-bond donors (Lipinski definition) is 1. The van der Waals surface area contributed by atoms with E-state index in [0.717, 1.165) is 23.6 Å². The molecule has 0 unspecified atom stereocenters. The lowest BCUT2D eigenvalue weighted by atomic mass is 10.1. The molecule has 1 atom stereocenters. The summed E-state index contributed by atoms with van der Waals surface area (Å²) in [7, 11) is 1.41. The SMILES string of the molecule is COC(=O)CCCN[C@@H](C)c1cccc(Cl)c1. The molecule has 1 rings (SSSR count). The van der Waals surface area contributed by atoms with Crippen molar-refractivity contribution in [3.05, 3.63) is 34.9 Å². The molecule has 0 aliphatic heterocycles. The normalized spacial score (nSPS) is 12.2. The van der Waals surface area contributed by atoms with Gasteiger partial charge >= 0.3 is 5.97 Å². The molecule has 0 amide bonds.